The number of hydrogen-bond acceptors (Lipinski definition) is 1. The van der Waals surface area contributed by atoms with Crippen molar-refractivity contribution >= 4 is 0 Å². The molecule has 2 unspecified atom stereocenters. The van der Waals surface area contributed by atoms with Crippen molar-refractivity contribution in [1.29, 1.82) is 0 Å². The zero-order valence-corrected chi connectivity index (χ0v) is 12.1. The quantitative estimate of drug-likeness (QED) is 0.729. The maximum atomic E-state index is 9.86. The molecule has 1 saturated carbocycles. The van der Waals surface area contributed by atoms with Gasteiger partial charge in [0.1, 0.15) is 5.75 Å². The van der Waals surface area contributed by atoms with Crippen LogP contribution in [0.25, 0.3) is 0 Å². The van der Waals surface area contributed by atoms with Crippen molar-refractivity contribution in [3.8, 4) is 5.75 Å². The third kappa shape index (κ3) is 1.74. The molecular weight excluding hydrogens is 232 g/mol. The summed E-state index contributed by atoms with van der Waals surface area (Å²) in [6.07, 6.45) is 8.31. The van der Waals surface area contributed by atoms with Crippen molar-refractivity contribution < 1.29 is 5.11 Å². The Morgan fingerprint density at radius 1 is 1.32 bits per heavy atom. The SMILES string of the molecule is C=C[C@@]1(C)CCCC2(C)c3cc(O)ccc3CCC21. The molecule has 1 N–H and O–H groups in total. The molecule has 2 aliphatic carbocycles. The Balaban J connectivity index is 2.14. The first kappa shape index (κ1) is 12.8. The summed E-state index contributed by atoms with van der Waals surface area (Å²) in [5.41, 5.74) is 3.27. The Kier molecular flexibility index (Phi) is 2.78. The number of aromatic hydroxyl groups is 1. The number of fused-ring (bicyclic) bond motifs is 3. The third-order valence-corrected chi connectivity index (χ3v) is 5.85. The van der Waals surface area contributed by atoms with Crippen molar-refractivity contribution in [3.63, 3.8) is 0 Å². The minimum absolute atomic E-state index is 0.202. The molecule has 3 atom stereocenters. The van der Waals surface area contributed by atoms with Gasteiger partial charge in [0.2, 0.25) is 0 Å². The van der Waals surface area contributed by atoms with E-state index in [0.29, 0.717) is 11.7 Å². The molecule has 1 aromatic rings. The molecule has 1 aromatic carbocycles. The molecular formula is C18H24O. The van der Waals surface area contributed by atoms with Gasteiger partial charge in [0.05, 0.1) is 0 Å². The maximum Gasteiger partial charge on any atom is 0.115 e. The van der Waals surface area contributed by atoms with Crippen LogP contribution in [0.1, 0.15) is 50.7 Å². The van der Waals surface area contributed by atoms with Gasteiger partial charge in [-0.15, -0.1) is 6.58 Å². The fourth-order valence-corrected chi connectivity index (χ4v) is 4.74. The number of rotatable bonds is 1. The predicted octanol–water partition coefficient (Wildman–Crippen LogP) is 4.59. The Morgan fingerprint density at radius 2 is 2.11 bits per heavy atom. The highest BCUT2D eigenvalue weighted by molar-refractivity contribution is 5.43. The van der Waals surface area contributed by atoms with E-state index in [4.69, 9.17) is 0 Å². The average molecular weight is 256 g/mol. The van der Waals surface area contributed by atoms with Gasteiger partial charge in [-0.3, -0.25) is 0 Å². The summed E-state index contributed by atoms with van der Waals surface area (Å²) in [6, 6.07) is 5.96. The van der Waals surface area contributed by atoms with Gasteiger partial charge in [0.25, 0.3) is 0 Å². The Morgan fingerprint density at radius 3 is 2.84 bits per heavy atom. The Bertz CT molecular complexity index is 518. The van der Waals surface area contributed by atoms with E-state index in [9.17, 15) is 5.11 Å². The molecule has 3 rings (SSSR count). The number of aryl methyl sites for hydroxylation is 1. The van der Waals surface area contributed by atoms with Crippen molar-refractivity contribution in [2.45, 2.75) is 51.4 Å². The van der Waals surface area contributed by atoms with Crippen LogP contribution < -0.4 is 0 Å². The summed E-state index contributed by atoms with van der Waals surface area (Å²) < 4.78 is 0. The molecule has 0 heterocycles. The van der Waals surface area contributed by atoms with Crippen LogP contribution in [-0.4, -0.2) is 5.11 Å². The second-order valence-electron chi connectivity index (χ2n) is 6.91. The predicted molar refractivity (Wildman–Crippen MR) is 79.4 cm³/mol. The number of phenolic OH excluding ortho intramolecular Hbond substituents is 1. The van der Waals surface area contributed by atoms with Crippen LogP contribution >= 0.6 is 0 Å². The molecule has 2 aliphatic rings. The molecule has 0 saturated heterocycles. The number of phenols is 1. The van der Waals surface area contributed by atoms with E-state index < -0.39 is 0 Å². The fraction of sp³-hybridized carbons (Fsp3) is 0.556. The van der Waals surface area contributed by atoms with Crippen molar-refractivity contribution in [2.75, 3.05) is 0 Å². The summed E-state index contributed by atoms with van der Waals surface area (Å²) in [4.78, 5) is 0. The summed E-state index contributed by atoms with van der Waals surface area (Å²) in [7, 11) is 0. The van der Waals surface area contributed by atoms with E-state index in [-0.39, 0.29) is 10.8 Å². The lowest BCUT2D eigenvalue weighted by molar-refractivity contribution is 0.0632. The van der Waals surface area contributed by atoms with Crippen LogP contribution in [0.2, 0.25) is 0 Å². The normalized spacial score (nSPS) is 37.3. The molecule has 1 heteroatoms. The summed E-state index contributed by atoms with van der Waals surface area (Å²) in [5.74, 6) is 1.06. The van der Waals surface area contributed by atoms with Gasteiger partial charge < -0.3 is 5.11 Å². The second-order valence-corrected chi connectivity index (χ2v) is 6.91. The van der Waals surface area contributed by atoms with Crippen LogP contribution in [-0.2, 0) is 11.8 Å². The lowest BCUT2D eigenvalue weighted by Crippen LogP contribution is -2.48. The first-order valence-corrected chi connectivity index (χ1v) is 7.45. The highest BCUT2D eigenvalue weighted by Gasteiger charge is 2.50. The highest BCUT2D eigenvalue weighted by Crippen LogP contribution is 2.57. The fourth-order valence-electron chi connectivity index (χ4n) is 4.74. The topological polar surface area (TPSA) is 20.2 Å². The molecule has 0 bridgehead atoms. The molecule has 0 aromatic heterocycles. The number of hydrogen-bond donors (Lipinski definition) is 1. The van der Waals surface area contributed by atoms with Crippen LogP contribution in [0.3, 0.4) is 0 Å². The van der Waals surface area contributed by atoms with Gasteiger partial charge in [-0.05, 0) is 65.7 Å². The zero-order valence-electron chi connectivity index (χ0n) is 12.1. The largest absolute Gasteiger partial charge is 0.508 e. The molecule has 19 heavy (non-hydrogen) atoms. The third-order valence-electron chi connectivity index (χ3n) is 5.85. The first-order chi connectivity index (χ1) is 8.99. The van der Waals surface area contributed by atoms with E-state index in [2.05, 4.69) is 32.6 Å². The van der Waals surface area contributed by atoms with E-state index >= 15 is 0 Å². The molecule has 0 aliphatic heterocycles. The molecule has 102 valence electrons. The number of allylic oxidation sites excluding steroid dienone is 1. The van der Waals surface area contributed by atoms with Gasteiger partial charge in [-0.1, -0.05) is 32.4 Å². The average Bonchev–Trinajstić information content (AvgIpc) is 2.39. The lowest BCUT2D eigenvalue weighted by Gasteiger charge is -2.54. The van der Waals surface area contributed by atoms with Crippen LogP contribution in [0.15, 0.2) is 30.9 Å². The summed E-state index contributed by atoms with van der Waals surface area (Å²) >= 11 is 0. The summed E-state index contributed by atoms with van der Waals surface area (Å²) in [5, 5.41) is 9.86. The monoisotopic (exact) mass is 256 g/mol. The molecule has 1 fully saturated rings. The van der Waals surface area contributed by atoms with Crippen LogP contribution in [0.4, 0.5) is 0 Å². The minimum Gasteiger partial charge on any atom is -0.508 e. The van der Waals surface area contributed by atoms with Gasteiger partial charge in [-0.25, -0.2) is 0 Å². The number of benzene rings is 1. The Labute approximate surface area is 116 Å². The second kappa shape index (κ2) is 4.13. The van der Waals surface area contributed by atoms with E-state index in [0.717, 1.165) is 6.42 Å². The van der Waals surface area contributed by atoms with Crippen molar-refractivity contribution in [1.82, 2.24) is 0 Å². The Hall–Kier alpha value is -1.24. The molecule has 0 amide bonds. The molecule has 1 nitrogen and oxygen atoms in total. The van der Waals surface area contributed by atoms with E-state index in [1.54, 1.807) is 0 Å². The smallest absolute Gasteiger partial charge is 0.115 e. The lowest BCUT2D eigenvalue weighted by atomic mass is 9.50. The standard InChI is InChI=1S/C18H24O/c1-4-17(2)10-5-11-18(3)15-12-14(19)8-6-13(15)7-9-16(17)18/h4,6,8,12,16,19H,1,5,7,9-11H2,2-3H3/t16?,17-,18?/m0/s1. The van der Waals surface area contributed by atoms with E-state index in [1.165, 1.54) is 36.8 Å². The van der Waals surface area contributed by atoms with Crippen LogP contribution in [0.5, 0.6) is 5.75 Å². The summed E-state index contributed by atoms with van der Waals surface area (Å²) in [6.45, 7) is 8.87. The zero-order chi connectivity index (χ0) is 13.7. The van der Waals surface area contributed by atoms with Gasteiger partial charge >= 0.3 is 0 Å². The van der Waals surface area contributed by atoms with E-state index in [1.807, 2.05) is 12.1 Å². The first-order valence-electron chi connectivity index (χ1n) is 7.45. The maximum absolute atomic E-state index is 9.86. The van der Waals surface area contributed by atoms with Gasteiger partial charge in [0.15, 0.2) is 0 Å². The van der Waals surface area contributed by atoms with Crippen molar-refractivity contribution in [3.05, 3.63) is 42.0 Å². The van der Waals surface area contributed by atoms with Gasteiger partial charge in [0, 0.05) is 0 Å². The molecule has 0 radical (unpaired) electrons. The molecule has 0 spiro atoms. The van der Waals surface area contributed by atoms with Crippen LogP contribution in [0, 0.1) is 11.3 Å². The van der Waals surface area contributed by atoms with Gasteiger partial charge in [-0.2, -0.15) is 0 Å². The highest BCUT2D eigenvalue weighted by atomic mass is 16.3. The minimum atomic E-state index is 0.202. The van der Waals surface area contributed by atoms with Crippen molar-refractivity contribution in [2.24, 2.45) is 11.3 Å².